The van der Waals surface area contributed by atoms with Crippen molar-refractivity contribution >= 4 is 17.0 Å². The summed E-state index contributed by atoms with van der Waals surface area (Å²) in [5.41, 5.74) is 5.47. The van der Waals surface area contributed by atoms with Gasteiger partial charge in [0.05, 0.1) is 11.0 Å². The van der Waals surface area contributed by atoms with Crippen LogP contribution in [0.2, 0.25) is 0 Å². The first-order valence-corrected chi connectivity index (χ1v) is 12.8. The van der Waals surface area contributed by atoms with E-state index in [1.54, 1.807) is 0 Å². The Morgan fingerprint density at radius 3 is 2.49 bits per heavy atom. The molecule has 0 aliphatic carbocycles. The molecule has 0 radical (unpaired) electrons. The third-order valence-electron chi connectivity index (χ3n) is 6.72. The van der Waals surface area contributed by atoms with Gasteiger partial charge in [0.15, 0.2) is 0 Å². The molecule has 37 heavy (non-hydrogen) atoms. The first kappa shape index (κ1) is 24.4. The minimum atomic E-state index is -0.823. The first-order valence-electron chi connectivity index (χ1n) is 12.8. The number of H-pyrrole nitrogens is 1. The predicted octanol–water partition coefficient (Wildman–Crippen LogP) is 6.07. The van der Waals surface area contributed by atoms with Crippen LogP contribution in [-0.4, -0.2) is 41.3 Å². The number of aliphatic carboxylic acids is 1. The number of nitrogens with one attached hydrogen (secondary N) is 1. The van der Waals surface area contributed by atoms with E-state index >= 15 is 0 Å². The molecule has 0 spiro atoms. The average Bonchev–Trinajstić information content (AvgIpc) is 3.57. The molecule has 0 saturated carbocycles. The number of fused-ring (bicyclic) bond motifs is 1. The lowest BCUT2D eigenvalue weighted by molar-refractivity contribution is -0.141. The lowest BCUT2D eigenvalue weighted by Gasteiger charge is -2.18. The van der Waals surface area contributed by atoms with Gasteiger partial charge in [-0.2, -0.15) is 5.21 Å². The highest BCUT2D eigenvalue weighted by molar-refractivity contribution is 5.88. The lowest BCUT2D eigenvalue weighted by Crippen LogP contribution is -2.21. The van der Waals surface area contributed by atoms with E-state index in [1.165, 1.54) is 0 Å². The van der Waals surface area contributed by atoms with E-state index in [-0.39, 0.29) is 0 Å². The molecule has 0 aliphatic rings. The first-order chi connectivity index (χ1) is 18.2. The maximum absolute atomic E-state index is 12.5. The molecule has 3 aromatic carbocycles. The summed E-state index contributed by atoms with van der Waals surface area (Å²) >= 11 is 0. The van der Waals surface area contributed by atoms with E-state index in [4.69, 9.17) is 4.98 Å². The fourth-order valence-electron chi connectivity index (χ4n) is 4.90. The number of imidazole rings is 1. The van der Waals surface area contributed by atoms with Gasteiger partial charge in [-0.25, -0.2) is 9.78 Å². The molecular formula is C29H30N6O2. The van der Waals surface area contributed by atoms with Crippen molar-refractivity contribution in [3.63, 3.8) is 0 Å². The van der Waals surface area contributed by atoms with Crippen LogP contribution in [0.4, 0.5) is 0 Å². The van der Waals surface area contributed by atoms with E-state index < -0.39 is 12.0 Å². The lowest BCUT2D eigenvalue weighted by atomic mass is 9.99. The van der Waals surface area contributed by atoms with Crippen LogP contribution in [0, 0.1) is 0 Å². The Hall–Kier alpha value is -4.33. The summed E-state index contributed by atoms with van der Waals surface area (Å²) in [7, 11) is 0. The Morgan fingerprint density at radius 1 is 0.973 bits per heavy atom. The number of rotatable bonds is 11. The van der Waals surface area contributed by atoms with Crippen molar-refractivity contribution in [2.24, 2.45) is 0 Å². The Labute approximate surface area is 215 Å². The van der Waals surface area contributed by atoms with Crippen molar-refractivity contribution in [2.75, 3.05) is 0 Å². The normalized spacial score (nSPS) is 12.1. The molecule has 1 unspecified atom stereocenters. The van der Waals surface area contributed by atoms with Gasteiger partial charge >= 0.3 is 5.97 Å². The van der Waals surface area contributed by atoms with Crippen LogP contribution in [0.5, 0.6) is 0 Å². The van der Waals surface area contributed by atoms with Crippen LogP contribution in [0.25, 0.3) is 33.5 Å². The smallest absolute Gasteiger partial charge is 0.326 e. The van der Waals surface area contributed by atoms with Crippen molar-refractivity contribution < 1.29 is 9.90 Å². The molecule has 1 atom stereocenters. The highest BCUT2D eigenvalue weighted by Gasteiger charge is 2.25. The summed E-state index contributed by atoms with van der Waals surface area (Å²) in [6.45, 7) is 2.16. The second-order valence-corrected chi connectivity index (χ2v) is 9.25. The van der Waals surface area contributed by atoms with E-state index in [9.17, 15) is 9.90 Å². The van der Waals surface area contributed by atoms with E-state index in [0.717, 1.165) is 64.8 Å². The third-order valence-corrected chi connectivity index (χ3v) is 6.72. The molecule has 0 bridgehead atoms. The van der Waals surface area contributed by atoms with Crippen LogP contribution >= 0.6 is 0 Å². The largest absolute Gasteiger partial charge is 0.480 e. The molecule has 188 valence electrons. The monoisotopic (exact) mass is 494 g/mol. The summed E-state index contributed by atoms with van der Waals surface area (Å²) in [5.74, 6) is 0.452. The number of nitrogens with zero attached hydrogens (tertiary/aromatic N) is 5. The Kier molecular flexibility index (Phi) is 7.35. The maximum Gasteiger partial charge on any atom is 0.326 e. The second kappa shape index (κ2) is 11.2. The van der Waals surface area contributed by atoms with Crippen molar-refractivity contribution in [3.05, 3.63) is 84.2 Å². The second-order valence-electron chi connectivity index (χ2n) is 9.25. The molecule has 0 fully saturated rings. The van der Waals surface area contributed by atoms with Crippen molar-refractivity contribution in [1.82, 2.24) is 30.2 Å². The standard InChI is InChI=1S/C29H30N6O2/c1-2-3-4-8-15-26(29(36)37)35-25-17-16-21(22-13-9-10-14-23(22)28-31-33-34-32-28)19-24(25)30-27(35)18-20-11-6-5-7-12-20/h5-7,9-14,16-17,19,26H,2-4,8,15,18H2,1H3,(H,36,37)(H,31,32,33,34). The molecule has 5 aromatic rings. The molecule has 2 heterocycles. The minimum Gasteiger partial charge on any atom is -0.480 e. The van der Waals surface area contributed by atoms with Gasteiger partial charge in [-0.1, -0.05) is 93.3 Å². The summed E-state index contributed by atoms with van der Waals surface area (Å²) in [5, 5.41) is 24.8. The van der Waals surface area contributed by atoms with Crippen LogP contribution in [0.3, 0.4) is 0 Å². The van der Waals surface area contributed by atoms with Crippen molar-refractivity contribution in [1.29, 1.82) is 0 Å². The highest BCUT2D eigenvalue weighted by Crippen LogP contribution is 2.34. The number of tetrazole rings is 1. The van der Waals surface area contributed by atoms with Gasteiger partial charge in [-0.15, -0.1) is 10.2 Å². The third kappa shape index (κ3) is 5.28. The zero-order chi connectivity index (χ0) is 25.6. The molecule has 5 rings (SSSR count). The van der Waals surface area contributed by atoms with Crippen LogP contribution in [0.1, 0.15) is 56.5 Å². The molecular weight excluding hydrogens is 464 g/mol. The zero-order valence-electron chi connectivity index (χ0n) is 20.8. The molecule has 0 saturated heterocycles. The summed E-state index contributed by atoms with van der Waals surface area (Å²) in [6.07, 6.45) is 5.24. The summed E-state index contributed by atoms with van der Waals surface area (Å²) in [4.78, 5) is 17.5. The minimum absolute atomic E-state index is 0.518. The maximum atomic E-state index is 12.5. The van der Waals surface area contributed by atoms with Crippen molar-refractivity contribution in [2.45, 2.75) is 51.5 Å². The van der Waals surface area contributed by atoms with Crippen LogP contribution in [0.15, 0.2) is 72.8 Å². The fraction of sp³-hybridized carbons (Fsp3) is 0.276. The van der Waals surface area contributed by atoms with Gasteiger partial charge in [0, 0.05) is 12.0 Å². The Bertz CT molecular complexity index is 1480. The Morgan fingerprint density at radius 2 is 1.76 bits per heavy atom. The molecule has 0 aliphatic heterocycles. The van der Waals surface area contributed by atoms with Gasteiger partial charge in [-0.05, 0) is 40.5 Å². The summed E-state index contributed by atoms with van der Waals surface area (Å²) in [6, 6.07) is 23.3. The van der Waals surface area contributed by atoms with Gasteiger partial charge in [0.25, 0.3) is 0 Å². The molecule has 0 amide bonds. The van der Waals surface area contributed by atoms with E-state index in [2.05, 4.69) is 27.5 Å². The molecule has 2 aromatic heterocycles. The number of benzene rings is 3. The highest BCUT2D eigenvalue weighted by atomic mass is 16.4. The number of carbonyl (C=O) groups is 1. The van der Waals surface area contributed by atoms with Crippen molar-refractivity contribution in [3.8, 4) is 22.5 Å². The number of unbranched alkanes of at least 4 members (excludes halogenated alkanes) is 3. The average molecular weight is 495 g/mol. The number of carboxylic acids is 1. The fourth-order valence-corrected chi connectivity index (χ4v) is 4.90. The predicted molar refractivity (Wildman–Crippen MR) is 143 cm³/mol. The number of hydrogen-bond donors (Lipinski definition) is 2. The Balaban J connectivity index is 1.60. The van der Waals surface area contributed by atoms with E-state index in [0.29, 0.717) is 18.7 Å². The number of aromatic nitrogens is 6. The summed E-state index contributed by atoms with van der Waals surface area (Å²) < 4.78 is 1.94. The molecule has 8 nitrogen and oxygen atoms in total. The van der Waals surface area contributed by atoms with Gasteiger partial charge in [0.1, 0.15) is 11.9 Å². The van der Waals surface area contributed by atoms with Crippen LogP contribution < -0.4 is 0 Å². The topological polar surface area (TPSA) is 110 Å². The SMILES string of the molecule is CCCCCCC(C(=O)O)n1c(Cc2ccccc2)nc2cc(-c3ccccc3-c3nn[nH]n3)ccc21. The number of hydrogen-bond acceptors (Lipinski definition) is 5. The van der Waals surface area contributed by atoms with Gasteiger partial charge in [0.2, 0.25) is 5.82 Å². The number of carboxylic acid groups (broad SMARTS) is 1. The molecule has 2 N–H and O–H groups in total. The zero-order valence-corrected chi connectivity index (χ0v) is 20.8. The van der Waals surface area contributed by atoms with Crippen LogP contribution in [-0.2, 0) is 11.2 Å². The number of aromatic amines is 1. The van der Waals surface area contributed by atoms with Gasteiger partial charge < -0.3 is 9.67 Å². The molecule has 8 heteroatoms. The quantitative estimate of drug-likeness (QED) is 0.216. The van der Waals surface area contributed by atoms with E-state index in [1.807, 2.05) is 77.4 Å². The van der Waals surface area contributed by atoms with Gasteiger partial charge in [-0.3, -0.25) is 0 Å².